The zero-order valence-electron chi connectivity index (χ0n) is 14.5. The molecule has 0 bridgehead atoms. The highest BCUT2D eigenvalue weighted by Crippen LogP contribution is 2.18. The molecule has 0 aliphatic rings. The third kappa shape index (κ3) is 12.4. The molecule has 0 radical (unpaired) electrons. The van der Waals surface area contributed by atoms with Crippen LogP contribution in [0, 0.1) is 0 Å². The molecule has 4 nitrogen and oxygen atoms in total. The molecule has 0 saturated heterocycles. The van der Waals surface area contributed by atoms with Gasteiger partial charge >= 0.3 is 0 Å². The van der Waals surface area contributed by atoms with Crippen LogP contribution < -0.4 is 0 Å². The van der Waals surface area contributed by atoms with Crippen molar-refractivity contribution in [2.75, 3.05) is 0 Å². The topological polar surface area (TPSA) is 74.6 Å². The molecule has 0 amide bonds. The van der Waals surface area contributed by atoms with Gasteiger partial charge in [0, 0.05) is 0 Å². The van der Waals surface area contributed by atoms with Crippen LogP contribution in [0.1, 0.15) is 97.3 Å². The van der Waals surface area contributed by atoms with Gasteiger partial charge in [-0.3, -0.25) is 4.55 Å². The van der Waals surface area contributed by atoms with E-state index in [4.69, 9.17) is 0 Å². The van der Waals surface area contributed by atoms with Crippen molar-refractivity contribution in [3.63, 3.8) is 0 Å². The van der Waals surface area contributed by atoms with E-state index in [1.54, 1.807) is 0 Å². The van der Waals surface area contributed by atoms with Gasteiger partial charge in [-0.25, -0.2) is 0 Å². The van der Waals surface area contributed by atoms with Crippen LogP contribution >= 0.6 is 0 Å². The SMILES string of the molecule is CCCCCC(CCCCCCCC(O)CCC)S(=O)(=O)O. The van der Waals surface area contributed by atoms with Crippen molar-refractivity contribution in [1.82, 2.24) is 0 Å². The molecule has 2 unspecified atom stereocenters. The van der Waals surface area contributed by atoms with Gasteiger partial charge in [-0.05, 0) is 25.7 Å². The van der Waals surface area contributed by atoms with Crippen LogP contribution in [0.2, 0.25) is 0 Å². The Balaban J connectivity index is 3.72. The van der Waals surface area contributed by atoms with E-state index in [9.17, 15) is 18.1 Å². The fourth-order valence-electron chi connectivity index (χ4n) is 2.82. The Morgan fingerprint density at radius 1 is 0.727 bits per heavy atom. The molecule has 22 heavy (non-hydrogen) atoms. The molecule has 0 aromatic heterocycles. The second kappa shape index (κ2) is 13.3. The predicted molar refractivity (Wildman–Crippen MR) is 92.7 cm³/mol. The first kappa shape index (κ1) is 21.9. The molecule has 0 rings (SSSR count). The Bertz CT molecular complexity index is 341. The van der Waals surface area contributed by atoms with E-state index in [1.165, 1.54) is 0 Å². The number of rotatable bonds is 15. The van der Waals surface area contributed by atoms with Gasteiger partial charge in [-0.1, -0.05) is 71.6 Å². The highest BCUT2D eigenvalue weighted by molar-refractivity contribution is 7.86. The summed E-state index contributed by atoms with van der Waals surface area (Å²) in [7, 11) is -3.89. The molecule has 0 spiro atoms. The maximum absolute atomic E-state index is 11.4. The average molecular weight is 337 g/mol. The Morgan fingerprint density at radius 3 is 1.73 bits per heavy atom. The van der Waals surface area contributed by atoms with Crippen LogP contribution in [0.25, 0.3) is 0 Å². The average Bonchev–Trinajstić information content (AvgIpc) is 2.43. The molecule has 5 heteroatoms. The van der Waals surface area contributed by atoms with E-state index < -0.39 is 15.4 Å². The highest BCUT2D eigenvalue weighted by Gasteiger charge is 2.21. The Labute approximate surface area is 137 Å². The van der Waals surface area contributed by atoms with Crippen LogP contribution in [0.15, 0.2) is 0 Å². The first-order valence-corrected chi connectivity index (χ1v) is 10.6. The predicted octanol–water partition coefficient (Wildman–Crippen LogP) is 4.71. The Hall–Kier alpha value is -0.130. The standard InChI is InChI=1S/C17H36O4S/c1-3-5-9-14-17(22(19,20)21)15-11-8-6-7-10-13-16(18)12-4-2/h16-18H,3-15H2,1-2H3,(H,19,20,21). The van der Waals surface area contributed by atoms with E-state index >= 15 is 0 Å². The Kier molecular flexibility index (Phi) is 13.2. The third-order valence-electron chi connectivity index (χ3n) is 4.24. The van der Waals surface area contributed by atoms with Gasteiger partial charge in [0.2, 0.25) is 0 Å². The van der Waals surface area contributed by atoms with E-state index in [0.717, 1.165) is 70.6 Å². The van der Waals surface area contributed by atoms with Crippen LogP contribution in [-0.4, -0.2) is 29.4 Å². The summed E-state index contributed by atoms with van der Waals surface area (Å²) in [5, 5.41) is 9.04. The van der Waals surface area contributed by atoms with Gasteiger partial charge in [-0.15, -0.1) is 0 Å². The van der Waals surface area contributed by atoms with Crippen molar-refractivity contribution in [3.05, 3.63) is 0 Å². The molecular weight excluding hydrogens is 300 g/mol. The molecule has 0 aliphatic carbocycles. The van der Waals surface area contributed by atoms with Crippen molar-refractivity contribution in [3.8, 4) is 0 Å². The summed E-state index contributed by atoms with van der Waals surface area (Å²) < 4.78 is 32.0. The summed E-state index contributed by atoms with van der Waals surface area (Å²) in [6, 6.07) is 0. The van der Waals surface area contributed by atoms with Crippen LogP contribution in [-0.2, 0) is 10.1 Å². The quantitative estimate of drug-likeness (QED) is 0.335. The monoisotopic (exact) mass is 336 g/mol. The molecule has 0 aromatic carbocycles. The lowest BCUT2D eigenvalue weighted by Crippen LogP contribution is -2.20. The zero-order valence-corrected chi connectivity index (χ0v) is 15.3. The lowest BCUT2D eigenvalue weighted by molar-refractivity contribution is 0.150. The number of unbranched alkanes of at least 4 members (excludes halogenated alkanes) is 6. The van der Waals surface area contributed by atoms with Crippen LogP contribution in [0.4, 0.5) is 0 Å². The Morgan fingerprint density at radius 2 is 1.23 bits per heavy atom. The maximum atomic E-state index is 11.4. The van der Waals surface area contributed by atoms with E-state index in [1.807, 2.05) is 0 Å². The minimum absolute atomic E-state index is 0.160. The largest absolute Gasteiger partial charge is 0.393 e. The van der Waals surface area contributed by atoms with Gasteiger partial charge < -0.3 is 5.11 Å². The van der Waals surface area contributed by atoms with Crippen LogP contribution in [0.5, 0.6) is 0 Å². The fraction of sp³-hybridized carbons (Fsp3) is 1.00. The second-order valence-electron chi connectivity index (χ2n) is 6.42. The van der Waals surface area contributed by atoms with E-state index in [0.29, 0.717) is 12.8 Å². The molecular formula is C17H36O4S. The molecule has 0 saturated carbocycles. The number of aliphatic hydroxyl groups excluding tert-OH is 1. The molecule has 0 fully saturated rings. The normalized spacial score (nSPS) is 14.9. The highest BCUT2D eigenvalue weighted by atomic mass is 32.2. The first-order chi connectivity index (χ1) is 10.4. The first-order valence-electron chi connectivity index (χ1n) is 9.06. The van der Waals surface area contributed by atoms with Gasteiger partial charge in [0.1, 0.15) is 0 Å². The van der Waals surface area contributed by atoms with Gasteiger partial charge in [0.05, 0.1) is 11.4 Å². The molecule has 2 N–H and O–H groups in total. The summed E-state index contributed by atoms with van der Waals surface area (Å²) in [5.74, 6) is 0. The summed E-state index contributed by atoms with van der Waals surface area (Å²) in [6.07, 6.45) is 11.8. The van der Waals surface area contributed by atoms with Crippen molar-refractivity contribution < 1.29 is 18.1 Å². The van der Waals surface area contributed by atoms with Crippen molar-refractivity contribution >= 4 is 10.1 Å². The lowest BCUT2D eigenvalue weighted by atomic mass is 10.0. The zero-order chi connectivity index (χ0) is 16.8. The number of hydrogen-bond acceptors (Lipinski definition) is 3. The number of aliphatic hydroxyl groups is 1. The van der Waals surface area contributed by atoms with Crippen molar-refractivity contribution in [2.24, 2.45) is 0 Å². The van der Waals surface area contributed by atoms with Crippen molar-refractivity contribution in [2.45, 2.75) is 109 Å². The number of hydrogen-bond donors (Lipinski definition) is 2. The van der Waals surface area contributed by atoms with Crippen LogP contribution in [0.3, 0.4) is 0 Å². The summed E-state index contributed by atoms with van der Waals surface area (Å²) in [4.78, 5) is 0. The van der Waals surface area contributed by atoms with Crippen molar-refractivity contribution in [1.29, 1.82) is 0 Å². The minimum Gasteiger partial charge on any atom is -0.393 e. The molecule has 2 atom stereocenters. The van der Waals surface area contributed by atoms with E-state index in [-0.39, 0.29) is 6.10 Å². The van der Waals surface area contributed by atoms with Gasteiger partial charge in [-0.2, -0.15) is 8.42 Å². The fourth-order valence-corrected chi connectivity index (χ4v) is 3.75. The third-order valence-corrected chi connectivity index (χ3v) is 5.55. The lowest BCUT2D eigenvalue weighted by Gasteiger charge is -2.13. The van der Waals surface area contributed by atoms with Gasteiger partial charge in [0.25, 0.3) is 10.1 Å². The molecule has 0 aliphatic heterocycles. The summed E-state index contributed by atoms with van der Waals surface area (Å²) in [6.45, 7) is 4.16. The maximum Gasteiger partial charge on any atom is 0.267 e. The molecule has 0 aromatic rings. The van der Waals surface area contributed by atoms with E-state index in [2.05, 4.69) is 13.8 Å². The molecule has 134 valence electrons. The second-order valence-corrected chi connectivity index (χ2v) is 8.12. The summed E-state index contributed by atoms with van der Waals surface area (Å²) >= 11 is 0. The minimum atomic E-state index is -3.89. The molecule has 0 heterocycles. The smallest absolute Gasteiger partial charge is 0.267 e. The van der Waals surface area contributed by atoms with Gasteiger partial charge in [0.15, 0.2) is 0 Å². The summed E-state index contributed by atoms with van der Waals surface area (Å²) in [5.41, 5.74) is 0.